The van der Waals surface area contributed by atoms with Crippen LogP contribution in [0.1, 0.15) is 25.7 Å². The predicted molar refractivity (Wildman–Crippen MR) is 37.4 cm³/mol. The van der Waals surface area contributed by atoms with Gasteiger partial charge in [-0.25, -0.2) is 0 Å². The maximum Gasteiger partial charge on any atom is 0.136 e. The van der Waals surface area contributed by atoms with Crippen LogP contribution in [0.4, 0.5) is 0 Å². The summed E-state index contributed by atoms with van der Waals surface area (Å²) < 4.78 is 0. The Morgan fingerprint density at radius 2 is 2.00 bits per heavy atom. The minimum absolute atomic E-state index is 0.554. The highest BCUT2D eigenvalue weighted by atomic mass is 16.1. The average molecular weight is 136 g/mol. The van der Waals surface area contributed by atoms with Gasteiger partial charge in [0.2, 0.25) is 0 Å². The van der Waals surface area contributed by atoms with Crippen LogP contribution in [0.5, 0.6) is 0 Å². The Labute approximate surface area is 60.8 Å². The van der Waals surface area contributed by atoms with Gasteiger partial charge in [-0.1, -0.05) is 0 Å². The van der Waals surface area contributed by atoms with E-state index in [-0.39, 0.29) is 0 Å². The summed E-state index contributed by atoms with van der Waals surface area (Å²) in [7, 11) is 0. The van der Waals surface area contributed by atoms with Crippen LogP contribution < -0.4 is 0 Å². The van der Waals surface area contributed by atoms with E-state index in [9.17, 15) is 4.79 Å². The van der Waals surface area contributed by atoms with Crippen molar-refractivity contribution in [3.63, 3.8) is 0 Å². The number of fused-ring (bicyclic) bond motifs is 5. The number of Topliss-reactive ketones (excluding diaryl/α,β-unsaturated/α-hetero) is 1. The highest BCUT2D eigenvalue weighted by Crippen LogP contribution is 2.59. The summed E-state index contributed by atoms with van der Waals surface area (Å²) in [6.07, 6.45) is 5.11. The second-order valence-corrected chi connectivity index (χ2v) is 4.19. The molecule has 0 heterocycles. The Balaban J connectivity index is 1.95. The van der Waals surface area contributed by atoms with Gasteiger partial charge in [0.05, 0.1) is 0 Å². The zero-order valence-corrected chi connectivity index (χ0v) is 6.05. The van der Waals surface area contributed by atoms with Gasteiger partial charge in [0.1, 0.15) is 5.78 Å². The molecular formula is C9H12O. The number of carbonyl (C=O) groups is 1. The fraction of sp³-hybridized carbons (Fsp3) is 0.889. The summed E-state index contributed by atoms with van der Waals surface area (Å²) in [5.74, 6) is 3.78. The number of hydrogen-bond donors (Lipinski definition) is 0. The molecule has 0 N–H and O–H groups in total. The van der Waals surface area contributed by atoms with Crippen LogP contribution in [0, 0.1) is 23.7 Å². The minimum Gasteiger partial charge on any atom is -0.299 e. The molecule has 0 unspecified atom stereocenters. The smallest absolute Gasteiger partial charge is 0.136 e. The van der Waals surface area contributed by atoms with Crippen LogP contribution in [0.15, 0.2) is 0 Å². The first-order valence-electron chi connectivity index (χ1n) is 4.39. The Morgan fingerprint density at radius 1 is 1.20 bits per heavy atom. The Hall–Kier alpha value is -0.330. The molecule has 10 heavy (non-hydrogen) atoms. The molecule has 1 heteroatoms. The van der Waals surface area contributed by atoms with E-state index < -0.39 is 0 Å². The maximum atomic E-state index is 11.1. The molecule has 0 amide bonds. The lowest BCUT2D eigenvalue weighted by Crippen LogP contribution is -2.41. The first-order chi connectivity index (χ1) is 4.86. The molecule has 4 atom stereocenters. The fourth-order valence-corrected chi connectivity index (χ4v) is 3.41. The first-order valence-corrected chi connectivity index (χ1v) is 4.39. The molecule has 1 nitrogen and oxygen atoms in total. The van der Waals surface area contributed by atoms with E-state index in [4.69, 9.17) is 0 Å². The van der Waals surface area contributed by atoms with Crippen molar-refractivity contribution in [2.24, 2.45) is 23.7 Å². The van der Waals surface area contributed by atoms with Crippen molar-refractivity contribution < 1.29 is 4.79 Å². The molecule has 0 radical (unpaired) electrons. The van der Waals surface area contributed by atoms with E-state index in [1.54, 1.807) is 0 Å². The molecule has 0 spiro atoms. The monoisotopic (exact) mass is 136 g/mol. The second-order valence-electron chi connectivity index (χ2n) is 4.19. The van der Waals surface area contributed by atoms with Crippen molar-refractivity contribution in [3.8, 4) is 0 Å². The quantitative estimate of drug-likeness (QED) is 0.494. The molecule has 0 aromatic rings. The lowest BCUT2D eigenvalue weighted by molar-refractivity contribution is -0.136. The van der Waals surface area contributed by atoms with Gasteiger partial charge < -0.3 is 0 Å². The zero-order chi connectivity index (χ0) is 6.72. The molecular weight excluding hydrogens is 124 g/mol. The predicted octanol–water partition coefficient (Wildman–Crippen LogP) is 1.62. The van der Waals surface area contributed by atoms with E-state index in [0.717, 1.165) is 24.2 Å². The maximum absolute atomic E-state index is 11.1. The Morgan fingerprint density at radius 3 is 2.60 bits per heavy atom. The lowest BCUT2D eigenvalue weighted by atomic mass is 9.65. The van der Waals surface area contributed by atoms with E-state index in [1.807, 2.05) is 0 Å². The van der Waals surface area contributed by atoms with Gasteiger partial charge in [-0.3, -0.25) is 4.79 Å². The van der Waals surface area contributed by atoms with Gasteiger partial charge in [-0.2, -0.15) is 0 Å². The zero-order valence-electron chi connectivity index (χ0n) is 6.05. The molecule has 0 aliphatic heterocycles. The van der Waals surface area contributed by atoms with E-state index in [2.05, 4.69) is 0 Å². The van der Waals surface area contributed by atoms with Crippen molar-refractivity contribution in [2.45, 2.75) is 25.7 Å². The summed E-state index contributed by atoms with van der Waals surface area (Å²) in [5.41, 5.74) is 0. The standard InChI is InChI=1S/C9H12O/c10-8-4-7-5-1-2-6(3-5)9(7)8/h5-7,9H,1-4H2/t5-,6-,7-,9-/m0/s1. The fourth-order valence-electron chi connectivity index (χ4n) is 3.41. The summed E-state index contributed by atoms with van der Waals surface area (Å²) in [4.78, 5) is 11.1. The average Bonchev–Trinajstić information content (AvgIpc) is 2.40. The van der Waals surface area contributed by atoms with Crippen molar-refractivity contribution in [1.82, 2.24) is 0 Å². The summed E-state index contributed by atoms with van der Waals surface area (Å²) in [5, 5.41) is 0. The molecule has 0 aromatic carbocycles. The van der Waals surface area contributed by atoms with Crippen LogP contribution >= 0.6 is 0 Å². The van der Waals surface area contributed by atoms with Crippen molar-refractivity contribution in [3.05, 3.63) is 0 Å². The van der Waals surface area contributed by atoms with Crippen LogP contribution in [0.3, 0.4) is 0 Å². The highest BCUT2D eigenvalue weighted by molar-refractivity contribution is 5.88. The molecule has 3 saturated carbocycles. The largest absolute Gasteiger partial charge is 0.299 e. The third-order valence-electron chi connectivity index (χ3n) is 3.90. The highest BCUT2D eigenvalue weighted by Gasteiger charge is 2.56. The first kappa shape index (κ1) is 5.34. The SMILES string of the molecule is O=C1C[C@H]2[C@H]3CC[C@@H](C3)[C@H]12. The van der Waals surface area contributed by atoms with Gasteiger partial charge in [-0.05, 0) is 37.0 Å². The normalized spacial score (nSPS) is 56.6. The molecule has 54 valence electrons. The number of ketones is 1. The Bertz CT molecular complexity index is 195. The Kier molecular flexibility index (Phi) is 0.781. The molecule has 3 fully saturated rings. The summed E-state index contributed by atoms with van der Waals surface area (Å²) >= 11 is 0. The molecule has 3 rings (SSSR count). The molecule has 2 bridgehead atoms. The van der Waals surface area contributed by atoms with E-state index >= 15 is 0 Å². The van der Waals surface area contributed by atoms with Gasteiger partial charge in [0.15, 0.2) is 0 Å². The van der Waals surface area contributed by atoms with Crippen molar-refractivity contribution in [1.29, 1.82) is 0 Å². The third kappa shape index (κ3) is 0.415. The van der Waals surface area contributed by atoms with Gasteiger partial charge >= 0.3 is 0 Å². The van der Waals surface area contributed by atoms with Crippen LogP contribution in [0.2, 0.25) is 0 Å². The topological polar surface area (TPSA) is 17.1 Å². The summed E-state index contributed by atoms with van der Waals surface area (Å²) in [6, 6.07) is 0. The lowest BCUT2D eigenvalue weighted by Gasteiger charge is -2.38. The molecule has 3 aliphatic carbocycles. The summed E-state index contributed by atoms with van der Waals surface area (Å²) in [6.45, 7) is 0. The second kappa shape index (κ2) is 1.46. The van der Waals surface area contributed by atoms with Crippen LogP contribution in [-0.2, 0) is 4.79 Å². The number of hydrogen-bond acceptors (Lipinski definition) is 1. The van der Waals surface area contributed by atoms with E-state index in [1.165, 1.54) is 19.3 Å². The van der Waals surface area contributed by atoms with Crippen LogP contribution in [0.25, 0.3) is 0 Å². The van der Waals surface area contributed by atoms with Gasteiger partial charge in [0, 0.05) is 12.3 Å². The number of carbonyl (C=O) groups excluding carboxylic acids is 1. The van der Waals surface area contributed by atoms with Crippen LogP contribution in [-0.4, -0.2) is 5.78 Å². The third-order valence-corrected chi connectivity index (χ3v) is 3.90. The molecule has 3 aliphatic rings. The molecule has 0 saturated heterocycles. The molecule has 0 aromatic heterocycles. The van der Waals surface area contributed by atoms with Crippen molar-refractivity contribution in [2.75, 3.05) is 0 Å². The van der Waals surface area contributed by atoms with Gasteiger partial charge in [0.25, 0.3) is 0 Å². The number of rotatable bonds is 0. The van der Waals surface area contributed by atoms with E-state index in [0.29, 0.717) is 11.7 Å². The minimum atomic E-state index is 0.554. The van der Waals surface area contributed by atoms with Crippen molar-refractivity contribution >= 4 is 5.78 Å². The van der Waals surface area contributed by atoms with Gasteiger partial charge in [-0.15, -0.1) is 0 Å².